The fraction of sp³-hybridized carbons (Fsp3) is 0.556. The van der Waals surface area contributed by atoms with Gasteiger partial charge < -0.3 is 9.84 Å². The highest BCUT2D eigenvalue weighted by atomic mass is 16.5. The summed E-state index contributed by atoms with van der Waals surface area (Å²) < 4.78 is 5.30. The number of methoxy groups -OCH3 is 1. The first-order valence-electron chi connectivity index (χ1n) is 7.67. The largest absolute Gasteiger partial charge is 0.497 e. The molecule has 1 aromatic rings. The van der Waals surface area contributed by atoms with E-state index in [1.54, 1.807) is 7.11 Å². The van der Waals surface area contributed by atoms with Crippen molar-refractivity contribution in [3.8, 4) is 17.6 Å². The Bertz CT molecular complexity index is 495. The van der Waals surface area contributed by atoms with Crippen molar-refractivity contribution in [2.24, 2.45) is 0 Å². The molecule has 0 bridgehead atoms. The van der Waals surface area contributed by atoms with Crippen LogP contribution in [0.25, 0.3) is 0 Å². The van der Waals surface area contributed by atoms with E-state index in [-0.39, 0.29) is 6.10 Å². The molecule has 0 radical (unpaired) electrons. The van der Waals surface area contributed by atoms with Crippen LogP contribution in [-0.4, -0.2) is 35.8 Å². The van der Waals surface area contributed by atoms with Crippen LogP contribution in [-0.2, 0) is 6.54 Å². The van der Waals surface area contributed by atoms with Gasteiger partial charge in [-0.15, -0.1) is 5.92 Å². The summed E-state index contributed by atoms with van der Waals surface area (Å²) in [6.07, 6.45) is 3.79. The second-order valence-corrected chi connectivity index (χ2v) is 5.65. The summed E-state index contributed by atoms with van der Waals surface area (Å²) >= 11 is 0. The number of benzene rings is 1. The van der Waals surface area contributed by atoms with Crippen molar-refractivity contribution >= 4 is 0 Å². The summed E-state index contributed by atoms with van der Waals surface area (Å²) in [6.45, 7) is 3.55. The number of ether oxygens (including phenoxy) is 1. The van der Waals surface area contributed by atoms with E-state index in [2.05, 4.69) is 28.9 Å². The van der Waals surface area contributed by atoms with Gasteiger partial charge in [0.05, 0.1) is 19.8 Å². The Morgan fingerprint density at radius 3 is 2.71 bits per heavy atom. The minimum atomic E-state index is -0.114. The highest BCUT2D eigenvalue weighted by molar-refractivity contribution is 5.28. The molecule has 0 aromatic heterocycles. The molecule has 1 aliphatic carbocycles. The highest BCUT2D eigenvalue weighted by Gasteiger charge is 2.24. The van der Waals surface area contributed by atoms with Crippen LogP contribution in [0.5, 0.6) is 5.75 Å². The van der Waals surface area contributed by atoms with E-state index in [4.69, 9.17) is 4.74 Å². The van der Waals surface area contributed by atoms with Crippen molar-refractivity contribution in [2.75, 3.05) is 13.7 Å². The van der Waals surface area contributed by atoms with Crippen LogP contribution in [0.3, 0.4) is 0 Å². The Morgan fingerprint density at radius 1 is 1.29 bits per heavy atom. The molecule has 0 spiro atoms. The maximum atomic E-state index is 9.68. The fourth-order valence-corrected chi connectivity index (χ4v) is 2.92. The first-order valence-corrected chi connectivity index (χ1v) is 7.67. The lowest BCUT2D eigenvalue weighted by atomic mass is 9.91. The summed E-state index contributed by atoms with van der Waals surface area (Å²) in [6, 6.07) is 8.73. The molecule has 2 rings (SSSR count). The molecular formula is C18H25NO2. The molecule has 0 saturated heterocycles. The predicted octanol–water partition coefficient (Wildman–Crippen LogP) is 2.82. The Balaban J connectivity index is 2.05. The third-order valence-electron chi connectivity index (χ3n) is 4.16. The molecule has 0 heterocycles. The minimum Gasteiger partial charge on any atom is -0.497 e. The van der Waals surface area contributed by atoms with Gasteiger partial charge in [-0.05, 0) is 50.3 Å². The summed E-state index contributed by atoms with van der Waals surface area (Å²) in [7, 11) is 1.70. The molecule has 3 nitrogen and oxygen atoms in total. The maximum Gasteiger partial charge on any atom is 0.119 e. The van der Waals surface area contributed by atoms with Crippen molar-refractivity contribution in [1.29, 1.82) is 0 Å². The zero-order valence-corrected chi connectivity index (χ0v) is 13.0. The molecular weight excluding hydrogens is 262 g/mol. The molecule has 0 unspecified atom stereocenters. The van der Waals surface area contributed by atoms with Crippen molar-refractivity contribution in [3.05, 3.63) is 29.8 Å². The van der Waals surface area contributed by atoms with Crippen LogP contribution in [0.4, 0.5) is 0 Å². The lowest BCUT2D eigenvalue weighted by Crippen LogP contribution is -2.38. The van der Waals surface area contributed by atoms with E-state index in [0.29, 0.717) is 6.04 Å². The molecule has 114 valence electrons. The normalized spacial score (nSPS) is 21.7. The van der Waals surface area contributed by atoms with Gasteiger partial charge in [-0.1, -0.05) is 18.1 Å². The second-order valence-electron chi connectivity index (χ2n) is 5.65. The average Bonchev–Trinajstić information content (AvgIpc) is 2.52. The zero-order chi connectivity index (χ0) is 15.1. The molecule has 1 fully saturated rings. The SMILES string of the molecule is CC#CCN(Cc1cccc(OC)c1)C1CCC(O)CC1. The molecule has 1 N–H and O–H groups in total. The number of aliphatic hydroxyl groups is 1. The standard InChI is InChI=1S/C18H25NO2/c1-3-4-12-19(16-8-10-17(20)11-9-16)14-15-6-5-7-18(13-15)21-2/h5-7,13,16-17,20H,8-12,14H2,1-2H3. The van der Waals surface area contributed by atoms with Crippen LogP contribution in [0.15, 0.2) is 24.3 Å². The monoisotopic (exact) mass is 287 g/mol. The van der Waals surface area contributed by atoms with Crippen LogP contribution in [0, 0.1) is 11.8 Å². The highest BCUT2D eigenvalue weighted by Crippen LogP contribution is 2.25. The number of hydrogen-bond acceptors (Lipinski definition) is 3. The van der Waals surface area contributed by atoms with Gasteiger partial charge in [0.15, 0.2) is 0 Å². The van der Waals surface area contributed by atoms with Gasteiger partial charge in [0, 0.05) is 12.6 Å². The first-order chi connectivity index (χ1) is 10.2. The van der Waals surface area contributed by atoms with Gasteiger partial charge in [0.25, 0.3) is 0 Å². The van der Waals surface area contributed by atoms with Gasteiger partial charge in [0.2, 0.25) is 0 Å². The Labute approximate surface area is 127 Å². The Morgan fingerprint density at radius 2 is 2.05 bits per heavy atom. The van der Waals surface area contributed by atoms with Crippen LogP contribution in [0.1, 0.15) is 38.2 Å². The topological polar surface area (TPSA) is 32.7 Å². The van der Waals surface area contributed by atoms with Crippen molar-refractivity contribution < 1.29 is 9.84 Å². The van der Waals surface area contributed by atoms with E-state index >= 15 is 0 Å². The molecule has 0 atom stereocenters. The molecule has 1 saturated carbocycles. The second kappa shape index (κ2) is 8.07. The maximum absolute atomic E-state index is 9.68. The van der Waals surface area contributed by atoms with Crippen LogP contribution >= 0.6 is 0 Å². The summed E-state index contributed by atoms with van der Waals surface area (Å²) in [5, 5.41) is 9.68. The van der Waals surface area contributed by atoms with E-state index in [1.165, 1.54) is 5.56 Å². The smallest absolute Gasteiger partial charge is 0.119 e. The summed E-state index contributed by atoms with van der Waals surface area (Å²) in [4.78, 5) is 2.43. The zero-order valence-electron chi connectivity index (χ0n) is 13.0. The van der Waals surface area contributed by atoms with Crippen LogP contribution < -0.4 is 4.74 Å². The number of nitrogens with zero attached hydrogens (tertiary/aromatic N) is 1. The molecule has 1 aromatic carbocycles. The number of hydrogen-bond donors (Lipinski definition) is 1. The van der Waals surface area contributed by atoms with Crippen molar-refractivity contribution in [2.45, 2.75) is 51.3 Å². The molecule has 0 amide bonds. The third kappa shape index (κ3) is 4.77. The summed E-state index contributed by atoms with van der Waals surface area (Å²) in [5.74, 6) is 7.07. The Hall–Kier alpha value is -1.50. The number of aliphatic hydroxyl groups excluding tert-OH is 1. The lowest BCUT2D eigenvalue weighted by Gasteiger charge is -2.34. The van der Waals surface area contributed by atoms with Gasteiger partial charge >= 0.3 is 0 Å². The lowest BCUT2D eigenvalue weighted by molar-refractivity contribution is 0.0764. The van der Waals surface area contributed by atoms with Crippen molar-refractivity contribution in [1.82, 2.24) is 4.90 Å². The van der Waals surface area contributed by atoms with E-state index in [1.807, 2.05) is 19.1 Å². The Kier molecular flexibility index (Phi) is 6.10. The predicted molar refractivity (Wildman–Crippen MR) is 85.1 cm³/mol. The quantitative estimate of drug-likeness (QED) is 0.845. The van der Waals surface area contributed by atoms with Gasteiger partial charge in [-0.25, -0.2) is 0 Å². The van der Waals surface area contributed by atoms with E-state index in [0.717, 1.165) is 44.5 Å². The molecule has 1 aliphatic rings. The molecule has 21 heavy (non-hydrogen) atoms. The average molecular weight is 287 g/mol. The van der Waals surface area contributed by atoms with Crippen molar-refractivity contribution in [3.63, 3.8) is 0 Å². The van der Waals surface area contributed by atoms with E-state index < -0.39 is 0 Å². The van der Waals surface area contributed by atoms with Crippen LogP contribution in [0.2, 0.25) is 0 Å². The van der Waals surface area contributed by atoms with Gasteiger partial charge in [-0.2, -0.15) is 0 Å². The molecule has 3 heteroatoms. The third-order valence-corrected chi connectivity index (χ3v) is 4.16. The fourth-order valence-electron chi connectivity index (χ4n) is 2.92. The summed E-state index contributed by atoms with van der Waals surface area (Å²) in [5.41, 5.74) is 1.25. The van der Waals surface area contributed by atoms with Gasteiger partial charge in [0.1, 0.15) is 5.75 Å². The first kappa shape index (κ1) is 15.9. The van der Waals surface area contributed by atoms with Gasteiger partial charge in [-0.3, -0.25) is 4.90 Å². The molecule has 0 aliphatic heterocycles. The number of rotatable bonds is 5. The minimum absolute atomic E-state index is 0.114. The van der Waals surface area contributed by atoms with E-state index in [9.17, 15) is 5.11 Å².